The second kappa shape index (κ2) is 9.90. The molecule has 11 nitrogen and oxygen atoms in total. The monoisotopic (exact) mass is 556 g/mol. The van der Waals surface area contributed by atoms with Crippen molar-refractivity contribution in [3.8, 4) is 5.75 Å². The Morgan fingerprint density at radius 1 is 1.15 bits per heavy atom. The van der Waals surface area contributed by atoms with Crippen LogP contribution in [0.25, 0.3) is 5.76 Å². The van der Waals surface area contributed by atoms with E-state index in [2.05, 4.69) is 26.1 Å². The lowest BCUT2D eigenvalue weighted by molar-refractivity contribution is -0.153. The van der Waals surface area contributed by atoms with Crippen LogP contribution in [0.2, 0.25) is 0 Å². The van der Waals surface area contributed by atoms with Crippen molar-refractivity contribution in [2.45, 2.75) is 51.8 Å². The summed E-state index contributed by atoms with van der Waals surface area (Å²) < 4.78 is 0. The number of nitrogens with two attached hydrogens (primary N) is 1. The molecule has 4 atom stereocenters. The van der Waals surface area contributed by atoms with Crippen LogP contribution in [0.1, 0.15) is 43.9 Å². The number of aliphatic hydroxyl groups is 3. The first-order chi connectivity index (χ1) is 18.4. The number of benzene rings is 1. The highest BCUT2D eigenvalue weighted by Crippen LogP contribution is 2.54. The van der Waals surface area contributed by atoms with E-state index in [1.165, 1.54) is 4.90 Å². The van der Waals surface area contributed by atoms with E-state index in [9.17, 15) is 34.8 Å². The molecular formula is C29H40N4O7. The molecule has 11 heteroatoms. The Kier molecular flexibility index (Phi) is 7.32. The van der Waals surface area contributed by atoms with E-state index in [-0.39, 0.29) is 35.1 Å². The van der Waals surface area contributed by atoms with Gasteiger partial charge in [-0.1, -0.05) is 20.8 Å². The predicted octanol–water partition coefficient (Wildman–Crippen LogP) is 1.17. The van der Waals surface area contributed by atoms with Crippen LogP contribution in [0.4, 0.5) is 5.69 Å². The third-order valence-corrected chi connectivity index (χ3v) is 8.23. The minimum absolute atomic E-state index is 0.00285. The summed E-state index contributed by atoms with van der Waals surface area (Å²) in [6.45, 7) is 7.21. The van der Waals surface area contributed by atoms with Gasteiger partial charge in [-0.25, -0.2) is 0 Å². The number of rotatable bonds is 6. The normalized spacial score (nSPS) is 26.6. The molecule has 0 heterocycles. The lowest BCUT2D eigenvalue weighted by atomic mass is 9.57. The number of likely N-dealkylation sites (N-methyl/N-ethyl adjacent to an activating group) is 1. The molecule has 0 saturated heterocycles. The van der Waals surface area contributed by atoms with Gasteiger partial charge in [-0.15, -0.1) is 0 Å². The summed E-state index contributed by atoms with van der Waals surface area (Å²) in [5.74, 6) is -6.55. The summed E-state index contributed by atoms with van der Waals surface area (Å²) in [5, 5.41) is 49.0. The van der Waals surface area contributed by atoms with Gasteiger partial charge < -0.3 is 36.4 Å². The van der Waals surface area contributed by atoms with Gasteiger partial charge >= 0.3 is 0 Å². The van der Waals surface area contributed by atoms with E-state index in [4.69, 9.17) is 5.73 Å². The number of fused-ring (bicyclic) bond motifs is 3. The van der Waals surface area contributed by atoms with Crippen molar-refractivity contribution in [2.75, 3.05) is 39.6 Å². The molecule has 218 valence electrons. The average Bonchev–Trinajstić information content (AvgIpc) is 2.81. The van der Waals surface area contributed by atoms with Crippen LogP contribution in [0.3, 0.4) is 0 Å². The van der Waals surface area contributed by atoms with E-state index in [1.54, 1.807) is 14.1 Å². The van der Waals surface area contributed by atoms with Gasteiger partial charge in [0.1, 0.15) is 22.8 Å². The van der Waals surface area contributed by atoms with Crippen LogP contribution < -0.4 is 16.0 Å². The van der Waals surface area contributed by atoms with E-state index in [0.29, 0.717) is 24.2 Å². The molecule has 1 saturated carbocycles. The summed E-state index contributed by atoms with van der Waals surface area (Å²) in [5.41, 5.74) is 3.73. The van der Waals surface area contributed by atoms with Gasteiger partial charge in [0, 0.05) is 49.9 Å². The van der Waals surface area contributed by atoms with Crippen molar-refractivity contribution in [1.29, 1.82) is 0 Å². The third kappa shape index (κ3) is 4.46. The maximum atomic E-state index is 14.0. The molecule has 1 amide bonds. The molecule has 1 aromatic carbocycles. The first-order valence-electron chi connectivity index (χ1n) is 13.3. The number of amides is 1. The minimum atomic E-state index is -2.66. The number of hydrogen-bond donors (Lipinski definition) is 6. The molecule has 1 aromatic rings. The number of phenols is 1. The van der Waals surface area contributed by atoms with Gasteiger partial charge in [0.2, 0.25) is 5.78 Å². The fourth-order valence-electron chi connectivity index (χ4n) is 6.45. The lowest BCUT2D eigenvalue weighted by Crippen LogP contribution is -2.65. The topological polar surface area (TPSA) is 177 Å². The zero-order valence-electron chi connectivity index (χ0n) is 24.1. The molecule has 0 bridgehead atoms. The maximum Gasteiger partial charge on any atom is 0.255 e. The Bertz CT molecular complexity index is 1350. The molecule has 0 aliphatic heterocycles. The number of phenolic OH excluding ortho intramolecular Hbond substituents is 1. The standard InChI is InChI=1S/C29H40N4O7/c1-28(2,3)12-31-11-14-10-17(32(4)5)15-8-13-9-16-21(33(6)7)24(36)20(27(30)39)26(38)29(16,40)25(37)18(13)23(35)19(15)22(14)34/h10,13,16,21,31,34-35,38,40H,8-9,11-12H2,1-7H3,(H2,30,39)/t13-,16-,21+,29+/m1/s1. The molecule has 3 aliphatic carbocycles. The number of anilines is 1. The van der Waals surface area contributed by atoms with Gasteiger partial charge in [-0.05, 0) is 49.9 Å². The summed E-state index contributed by atoms with van der Waals surface area (Å²) in [4.78, 5) is 42.8. The van der Waals surface area contributed by atoms with Gasteiger partial charge in [-0.3, -0.25) is 19.3 Å². The second-order valence-corrected chi connectivity index (χ2v) is 12.8. The first kappa shape index (κ1) is 29.6. The predicted molar refractivity (Wildman–Crippen MR) is 150 cm³/mol. The SMILES string of the molecule is CN(C)c1cc(CNCC(C)(C)C)c(O)c2c1C[C@@H]1C[C@@H]3[C@H](N(C)C)C(=O)C(C(N)=O)=C(O)[C@@]3(O)C(=O)C1=C2O. The van der Waals surface area contributed by atoms with Crippen LogP contribution >= 0.6 is 0 Å². The summed E-state index contributed by atoms with van der Waals surface area (Å²) >= 11 is 0. The van der Waals surface area contributed by atoms with Crippen LogP contribution in [0.5, 0.6) is 5.75 Å². The van der Waals surface area contributed by atoms with Gasteiger partial charge in [0.05, 0.1) is 11.6 Å². The van der Waals surface area contributed by atoms with E-state index in [0.717, 1.165) is 5.69 Å². The molecule has 3 aliphatic rings. The number of hydrogen-bond acceptors (Lipinski definition) is 10. The van der Waals surface area contributed by atoms with E-state index >= 15 is 0 Å². The third-order valence-electron chi connectivity index (χ3n) is 8.23. The van der Waals surface area contributed by atoms with Crippen LogP contribution in [-0.2, 0) is 27.3 Å². The maximum absolute atomic E-state index is 14.0. The highest BCUT2D eigenvalue weighted by atomic mass is 16.3. The Hall–Kier alpha value is -3.41. The molecule has 1 fully saturated rings. The summed E-state index contributed by atoms with van der Waals surface area (Å²) in [6, 6.07) is 0.735. The first-order valence-corrected chi connectivity index (χ1v) is 13.3. The Morgan fingerprint density at radius 3 is 2.30 bits per heavy atom. The Morgan fingerprint density at radius 2 is 1.77 bits per heavy atom. The van der Waals surface area contributed by atoms with Crippen LogP contribution in [0, 0.1) is 17.3 Å². The van der Waals surface area contributed by atoms with Crippen molar-refractivity contribution in [2.24, 2.45) is 23.0 Å². The quantitative estimate of drug-likeness (QED) is 0.279. The molecule has 0 unspecified atom stereocenters. The highest BCUT2D eigenvalue weighted by molar-refractivity contribution is 6.24. The molecule has 40 heavy (non-hydrogen) atoms. The molecule has 0 spiro atoms. The van der Waals surface area contributed by atoms with Gasteiger partial charge in [-0.2, -0.15) is 0 Å². The number of Topliss-reactive ketones (excluding diaryl/α,β-unsaturated/α-hetero) is 2. The van der Waals surface area contributed by atoms with E-state index < -0.39 is 58.0 Å². The van der Waals surface area contributed by atoms with Crippen molar-refractivity contribution in [3.05, 3.63) is 39.7 Å². The number of aliphatic hydroxyl groups excluding tert-OH is 2. The molecule has 0 radical (unpaired) electrons. The van der Waals surface area contributed by atoms with Gasteiger partial charge in [0.15, 0.2) is 11.4 Å². The average molecular weight is 557 g/mol. The second-order valence-electron chi connectivity index (χ2n) is 12.8. The Balaban J connectivity index is 1.91. The summed E-state index contributed by atoms with van der Waals surface area (Å²) in [6.07, 6.45) is 0.291. The number of carbonyl (C=O) groups is 3. The fraction of sp³-hybridized carbons (Fsp3) is 0.552. The molecular weight excluding hydrogens is 516 g/mol. The lowest BCUT2D eigenvalue weighted by Gasteiger charge is -2.50. The molecule has 7 N–H and O–H groups in total. The zero-order chi connectivity index (χ0) is 30.1. The van der Waals surface area contributed by atoms with Crippen molar-refractivity contribution < 1.29 is 34.8 Å². The van der Waals surface area contributed by atoms with E-state index in [1.807, 2.05) is 25.1 Å². The molecule has 0 aromatic heterocycles. The highest BCUT2D eigenvalue weighted by Gasteiger charge is 2.64. The zero-order valence-corrected chi connectivity index (χ0v) is 24.1. The van der Waals surface area contributed by atoms with Crippen molar-refractivity contribution in [3.63, 3.8) is 0 Å². The number of primary amides is 1. The summed E-state index contributed by atoms with van der Waals surface area (Å²) in [7, 11) is 6.84. The number of ketones is 2. The van der Waals surface area contributed by atoms with Crippen LogP contribution in [-0.4, -0.2) is 89.2 Å². The minimum Gasteiger partial charge on any atom is -0.508 e. The number of nitrogens with one attached hydrogen (secondary N) is 1. The molecule has 4 rings (SSSR count). The van der Waals surface area contributed by atoms with Crippen molar-refractivity contribution >= 4 is 28.9 Å². The van der Waals surface area contributed by atoms with Crippen molar-refractivity contribution in [1.82, 2.24) is 10.2 Å². The van der Waals surface area contributed by atoms with Gasteiger partial charge in [0.25, 0.3) is 5.91 Å². The smallest absolute Gasteiger partial charge is 0.255 e. The number of carbonyl (C=O) groups excluding carboxylic acids is 3. The Labute approximate surface area is 233 Å². The van der Waals surface area contributed by atoms with Crippen LogP contribution in [0.15, 0.2) is 23.0 Å². The largest absolute Gasteiger partial charge is 0.508 e. The number of aromatic hydroxyl groups is 1. The fourth-order valence-corrected chi connectivity index (χ4v) is 6.45. The number of nitrogens with zero attached hydrogens (tertiary/aromatic N) is 2.